The third-order valence-electron chi connectivity index (χ3n) is 5.62. The van der Waals surface area contributed by atoms with Crippen molar-refractivity contribution in [2.45, 2.75) is 70.4 Å². The summed E-state index contributed by atoms with van der Waals surface area (Å²) in [6, 6.07) is 0. The standard InChI is InChI=1S/C20H26O6/c1-11(2)13-5-6-14-8-20(26-18(14)23)10-19(4,24)9-16(22)17(25-20)12(3)15(21)7-13/h8,12-13,17,24H,1,5-7,9-10H2,2-4H3/t12-,13+,17-,19+,20+/m0/s1. The Labute approximate surface area is 153 Å². The number of carbonyl (C=O) groups is 3. The Morgan fingerprint density at radius 3 is 2.65 bits per heavy atom. The Kier molecular flexibility index (Phi) is 4.69. The number of hydrogen-bond donors (Lipinski definition) is 1. The van der Waals surface area contributed by atoms with E-state index in [1.807, 2.05) is 6.92 Å². The van der Waals surface area contributed by atoms with E-state index in [2.05, 4.69) is 6.58 Å². The van der Waals surface area contributed by atoms with Crippen LogP contribution in [0.2, 0.25) is 0 Å². The Balaban J connectivity index is 2.06. The van der Waals surface area contributed by atoms with Gasteiger partial charge in [0.05, 0.1) is 5.60 Å². The number of Topliss-reactive ketones (excluding diaryl/α,β-unsaturated/α-hetero) is 2. The number of aliphatic hydroxyl groups is 1. The predicted octanol–water partition coefficient (Wildman–Crippen LogP) is 2.25. The van der Waals surface area contributed by atoms with E-state index in [4.69, 9.17) is 9.47 Å². The molecule has 1 N–H and O–H groups in total. The lowest BCUT2D eigenvalue weighted by atomic mass is 9.83. The van der Waals surface area contributed by atoms with Crippen LogP contribution in [0.3, 0.4) is 0 Å². The molecule has 3 aliphatic rings. The number of ether oxygens (including phenoxy) is 2. The number of carbonyl (C=O) groups excluding carboxylic acids is 3. The highest BCUT2D eigenvalue weighted by Crippen LogP contribution is 2.42. The third-order valence-corrected chi connectivity index (χ3v) is 5.62. The number of allylic oxidation sites excluding steroid dienone is 1. The largest absolute Gasteiger partial charge is 0.426 e. The molecule has 0 aromatic heterocycles. The van der Waals surface area contributed by atoms with E-state index in [1.165, 1.54) is 6.92 Å². The number of ketones is 2. The van der Waals surface area contributed by atoms with Crippen LogP contribution in [0.15, 0.2) is 23.8 Å². The average Bonchev–Trinajstić information content (AvgIpc) is 2.75. The molecule has 0 unspecified atom stereocenters. The van der Waals surface area contributed by atoms with Gasteiger partial charge in [-0.1, -0.05) is 19.1 Å². The molecule has 6 nitrogen and oxygen atoms in total. The average molecular weight is 362 g/mol. The van der Waals surface area contributed by atoms with Crippen LogP contribution >= 0.6 is 0 Å². The summed E-state index contributed by atoms with van der Waals surface area (Å²) >= 11 is 0. The van der Waals surface area contributed by atoms with Gasteiger partial charge in [-0.05, 0) is 38.7 Å². The van der Waals surface area contributed by atoms with Crippen molar-refractivity contribution >= 4 is 17.5 Å². The fourth-order valence-corrected chi connectivity index (χ4v) is 4.12. The third kappa shape index (κ3) is 3.53. The summed E-state index contributed by atoms with van der Waals surface area (Å²) in [5, 5.41) is 10.6. The summed E-state index contributed by atoms with van der Waals surface area (Å²) in [6.07, 6.45) is 1.64. The minimum absolute atomic E-state index is 0.0394. The maximum atomic E-state index is 12.8. The highest BCUT2D eigenvalue weighted by molar-refractivity contribution is 5.94. The highest BCUT2D eigenvalue weighted by atomic mass is 16.7. The molecule has 3 heterocycles. The predicted molar refractivity (Wildman–Crippen MR) is 93.0 cm³/mol. The van der Waals surface area contributed by atoms with Crippen LogP contribution in [0.1, 0.15) is 52.9 Å². The van der Waals surface area contributed by atoms with E-state index in [0.29, 0.717) is 18.4 Å². The van der Waals surface area contributed by atoms with Crippen molar-refractivity contribution < 1.29 is 29.0 Å². The molecule has 142 valence electrons. The molecule has 0 radical (unpaired) electrons. The van der Waals surface area contributed by atoms with Crippen LogP contribution in [-0.4, -0.2) is 40.1 Å². The minimum Gasteiger partial charge on any atom is -0.426 e. The lowest BCUT2D eigenvalue weighted by molar-refractivity contribution is -0.227. The first-order chi connectivity index (χ1) is 12.0. The van der Waals surface area contributed by atoms with Gasteiger partial charge < -0.3 is 14.6 Å². The van der Waals surface area contributed by atoms with Gasteiger partial charge in [0.15, 0.2) is 5.78 Å². The quantitative estimate of drug-likeness (QED) is 0.568. The topological polar surface area (TPSA) is 89.9 Å². The van der Waals surface area contributed by atoms with E-state index in [-0.39, 0.29) is 36.7 Å². The molecule has 26 heavy (non-hydrogen) atoms. The monoisotopic (exact) mass is 362 g/mol. The molecule has 0 amide bonds. The molecule has 1 fully saturated rings. The minimum atomic E-state index is -1.50. The highest BCUT2D eigenvalue weighted by Gasteiger charge is 2.53. The molecular formula is C20H26O6. The molecule has 0 aromatic carbocycles. The van der Waals surface area contributed by atoms with Crippen molar-refractivity contribution in [1.82, 2.24) is 0 Å². The second kappa shape index (κ2) is 6.43. The zero-order chi connectivity index (χ0) is 19.3. The number of rotatable bonds is 1. The molecule has 0 aliphatic carbocycles. The summed E-state index contributed by atoms with van der Waals surface area (Å²) in [4.78, 5) is 37.9. The number of fused-ring (bicyclic) bond motifs is 1. The molecule has 0 aromatic rings. The van der Waals surface area contributed by atoms with Crippen molar-refractivity contribution in [3.05, 3.63) is 23.8 Å². The fraction of sp³-hybridized carbons (Fsp3) is 0.650. The van der Waals surface area contributed by atoms with E-state index in [0.717, 1.165) is 5.57 Å². The maximum Gasteiger partial charge on any atom is 0.336 e. The van der Waals surface area contributed by atoms with E-state index in [9.17, 15) is 19.5 Å². The molecule has 1 spiro atoms. The first-order valence-electron chi connectivity index (χ1n) is 9.08. The Hall–Kier alpha value is -1.79. The maximum absolute atomic E-state index is 12.8. The Morgan fingerprint density at radius 2 is 2.00 bits per heavy atom. The smallest absolute Gasteiger partial charge is 0.336 e. The number of esters is 1. The van der Waals surface area contributed by atoms with Gasteiger partial charge in [0.25, 0.3) is 0 Å². The van der Waals surface area contributed by atoms with Gasteiger partial charge in [0, 0.05) is 30.8 Å². The van der Waals surface area contributed by atoms with E-state index < -0.39 is 29.4 Å². The summed E-state index contributed by atoms with van der Waals surface area (Å²) < 4.78 is 11.4. The van der Waals surface area contributed by atoms with E-state index >= 15 is 0 Å². The zero-order valence-electron chi connectivity index (χ0n) is 15.5. The summed E-state index contributed by atoms with van der Waals surface area (Å²) in [6.45, 7) is 9.01. The van der Waals surface area contributed by atoms with E-state index in [1.54, 1.807) is 13.0 Å². The molecule has 1 saturated heterocycles. The fourth-order valence-electron chi connectivity index (χ4n) is 4.12. The molecule has 5 atom stereocenters. The van der Waals surface area contributed by atoms with Crippen molar-refractivity contribution in [2.24, 2.45) is 11.8 Å². The summed E-state index contributed by atoms with van der Waals surface area (Å²) in [5.41, 5.74) is -0.0467. The summed E-state index contributed by atoms with van der Waals surface area (Å²) in [7, 11) is 0. The van der Waals surface area contributed by atoms with Gasteiger partial charge in [0.2, 0.25) is 5.79 Å². The second-order valence-electron chi connectivity index (χ2n) is 8.27. The molecule has 3 rings (SSSR count). The van der Waals surface area contributed by atoms with Gasteiger partial charge >= 0.3 is 5.97 Å². The van der Waals surface area contributed by atoms with Crippen LogP contribution in [0.25, 0.3) is 0 Å². The van der Waals surface area contributed by atoms with Crippen LogP contribution in [0.4, 0.5) is 0 Å². The Morgan fingerprint density at radius 1 is 1.31 bits per heavy atom. The molecule has 0 saturated carbocycles. The molecule has 6 heteroatoms. The molecular weight excluding hydrogens is 336 g/mol. The van der Waals surface area contributed by atoms with Crippen LogP contribution in [0, 0.1) is 11.8 Å². The molecule has 3 aliphatic heterocycles. The van der Waals surface area contributed by atoms with Crippen LogP contribution in [0.5, 0.6) is 0 Å². The first kappa shape index (κ1) is 19.0. The van der Waals surface area contributed by atoms with Crippen molar-refractivity contribution in [3.8, 4) is 0 Å². The first-order valence-corrected chi connectivity index (χ1v) is 9.08. The van der Waals surface area contributed by atoms with Gasteiger partial charge in [0.1, 0.15) is 11.9 Å². The lowest BCUT2D eigenvalue weighted by Gasteiger charge is -2.32. The van der Waals surface area contributed by atoms with Gasteiger partial charge in [-0.2, -0.15) is 0 Å². The summed E-state index contributed by atoms with van der Waals surface area (Å²) in [5.74, 6) is -3.17. The second-order valence-corrected chi connectivity index (χ2v) is 8.27. The van der Waals surface area contributed by atoms with Gasteiger partial charge in [-0.25, -0.2) is 4.79 Å². The van der Waals surface area contributed by atoms with Crippen molar-refractivity contribution in [2.75, 3.05) is 0 Å². The number of hydrogen-bond acceptors (Lipinski definition) is 6. The SMILES string of the molecule is C=C(C)[C@@H]1CCC2=C[C@]3(C[C@](C)(O)CC(=O)[C@@H](O3)[C@@H](C)C(=O)C1)OC2=O. The van der Waals surface area contributed by atoms with Crippen molar-refractivity contribution in [3.63, 3.8) is 0 Å². The molecule has 3 bridgehead atoms. The van der Waals surface area contributed by atoms with Crippen molar-refractivity contribution in [1.29, 1.82) is 0 Å². The van der Waals surface area contributed by atoms with Crippen LogP contribution < -0.4 is 0 Å². The zero-order valence-corrected chi connectivity index (χ0v) is 15.5. The normalized spacial score (nSPS) is 41.0. The lowest BCUT2D eigenvalue weighted by Crippen LogP contribution is -2.43. The van der Waals surface area contributed by atoms with Gasteiger partial charge in [-0.3, -0.25) is 9.59 Å². The van der Waals surface area contributed by atoms with Gasteiger partial charge in [-0.15, -0.1) is 0 Å². The Bertz CT molecular complexity index is 703. The van der Waals surface area contributed by atoms with Crippen LogP contribution in [-0.2, 0) is 23.9 Å².